The third kappa shape index (κ3) is 4.38. The van der Waals surface area contributed by atoms with Crippen molar-refractivity contribution in [3.8, 4) is 11.4 Å². The van der Waals surface area contributed by atoms with Crippen molar-refractivity contribution in [2.45, 2.75) is 52.7 Å². The number of nitrogens with zero attached hydrogens (tertiary/aromatic N) is 4. The third-order valence-corrected chi connectivity index (χ3v) is 5.23. The van der Waals surface area contributed by atoms with Crippen LogP contribution in [-0.2, 0) is 0 Å². The van der Waals surface area contributed by atoms with E-state index in [-0.39, 0.29) is 17.5 Å². The average Bonchev–Trinajstić information content (AvgIpc) is 3.33. The quantitative estimate of drug-likeness (QED) is 0.247. The predicted octanol–water partition coefficient (Wildman–Crippen LogP) is 5.39. The number of rotatable bonds is 8. The van der Waals surface area contributed by atoms with Gasteiger partial charge in [0.1, 0.15) is 11.4 Å². The summed E-state index contributed by atoms with van der Waals surface area (Å²) in [7, 11) is 0. The molecule has 8 nitrogen and oxygen atoms in total. The Bertz CT molecular complexity index is 1210. The van der Waals surface area contributed by atoms with Crippen LogP contribution in [-0.4, -0.2) is 35.6 Å². The van der Waals surface area contributed by atoms with E-state index >= 15 is 0 Å². The Morgan fingerprint density at radius 2 is 2.06 bits per heavy atom. The number of nitroso groups, excluding NO2 is 1. The van der Waals surface area contributed by atoms with Gasteiger partial charge >= 0.3 is 0 Å². The maximum Gasteiger partial charge on any atom is 0.200 e. The van der Waals surface area contributed by atoms with Crippen LogP contribution < -0.4 is 0 Å². The van der Waals surface area contributed by atoms with Crippen molar-refractivity contribution in [2.75, 3.05) is 0 Å². The molecule has 3 N–H and O–H groups in total. The number of hydrogen-bond donors (Lipinski definition) is 3. The second kappa shape index (κ2) is 9.40. The molecule has 0 saturated carbocycles. The van der Waals surface area contributed by atoms with Gasteiger partial charge in [0.2, 0.25) is 0 Å². The molecule has 164 valence electrons. The molecule has 1 unspecified atom stereocenters. The summed E-state index contributed by atoms with van der Waals surface area (Å²) in [5.74, 6) is 0.578. The molecule has 31 heavy (non-hydrogen) atoms. The number of benzene rings is 1. The zero-order valence-corrected chi connectivity index (χ0v) is 18.8. The van der Waals surface area contributed by atoms with Crippen molar-refractivity contribution in [3.63, 3.8) is 0 Å². The van der Waals surface area contributed by atoms with Crippen molar-refractivity contribution < 1.29 is 10.2 Å². The first kappa shape index (κ1) is 22.6. The molecule has 0 saturated heterocycles. The van der Waals surface area contributed by atoms with Gasteiger partial charge in [-0.05, 0) is 68.9 Å². The van der Waals surface area contributed by atoms with Crippen molar-refractivity contribution in [2.24, 2.45) is 5.18 Å². The summed E-state index contributed by atoms with van der Waals surface area (Å²) < 4.78 is 4.05. The summed E-state index contributed by atoms with van der Waals surface area (Å²) >= 11 is 5.52. The average molecular weight is 442 g/mol. The minimum atomic E-state index is -0.853. The number of phenols is 1. The fourth-order valence-electron chi connectivity index (χ4n) is 3.57. The van der Waals surface area contributed by atoms with E-state index in [9.17, 15) is 15.1 Å². The molecule has 1 atom stereocenters. The number of nitrogens with one attached hydrogen (secondary N) is 1. The Balaban J connectivity index is 2.32. The van der Waals surface area contributed by atoms with E-state index < -0.39 is 6.10 Å². The maximum absolute atomic E-state index is 11.6. The molecule has 3 aromatic rings. The molecule has 0 spiro atoms. The van der Waals surface area contributed by atoms with Gasteiger partial charge in [0.05, 0.1) is 17.3 Å². The molecule has 2 aromatic heterocycles. The minimum absolute atomic E-state index is 0.0912. The van der Waals surface area contributed by atoms with Gasteiger partial charge in [-0.25, -0.2) is 0 Å². The molecule has 0 bridgehead atoms. The number of unbranched alkanes of at least 4 members (excludes halogenated alkanes) is 1. The highest BCUT2D eigenvalue weighted by Crippen LogP contribution is 2.35. The topological polar surface area (TPSA) is 108 Å². The van der Waals surface area contributed by atoms with Crippen LogP contribution in [0.15, 0.2) is 47.4 Å². The Hall–Kier alpha value is -3.04. The van der Waals surface area contributed by atoms with Crippen molar-refractivity contribution in [3.05, 3.63) is 57.7 Å². The number of aromatic hydroxyl groups is 1. The molecule has 1 aromatic carbocycles. The third-order valence-electron chi connectivity index (χ3n) is 4.95. The van der Waals surface area contributed by atoms with Gasteiger partial charge in [-0.15, -0.1) is 4.91 Å². The largest absolute Gasteiger partial charge is 0.506 e. The number of aliphatic hydroxyl groups is 1. The van der Waals surface area contributed by atoms with Crippen LogP contribution in [0, 0.1) is 9.68 Å². The predicted molar refractivity (Wildman–Crippen MR) is 125 cm³/mol. The van der Waals surface area contributed by atoms with Crippen LogP contribution in [0.4, 0.5) is 0 Å². The molecule has 0 aliphatic rings. The molecule has 0 radical (unpaired) electrons. The highest BCUT2D eigenvalue weighted by atomic mass is 32.1. The Morgan fingerprint density at radius 3 is 2.68 bits per heavy atom. The van der Waals surface area contributed by atoms with E-state index in [4.69, 9.17) is 12.2 Å². The maximum atomic E-state index is 11.6. The Morgan fingerprint density at radius 1 is 1.32 bits per heavy atom. The Labute approximate surface area is 185 Å². The number of phenolic OH excluding ortho intramolecular Hbond substituents is 1. The minimum Gasteiger partial charge on any atom is -0.506 e. The number of fused-ring (bicyclic) bond motifs is 1. The number of H-pyrrole nitrogens is 1. The fourth-order valence-corrected chi connectivity index (χ4v) is 3.80. The van der Waals surface area contributed by atoms with Crippen LogP contribution in [0.5, 0.6) is 5.75 Å². The second-order valence-corrected chi connectivity index (χ2v) is 8.05. The van der Waals surface area contributed by atoms with Crippen LogP contribution >= 0.6 is 12.2 Å². The van der Waals surface area contributed by atoms with Crippen LogP contribution in [0.1, 0.15) is 52.4 Å². The lowest BCUT2D eigenvalue weighted by Gasteiger charge is -2.14. The summed E-state index contributed by atoms with van der Waals surface area (Å²) in [6.45, 7) is 7.65. The summed E-state index contributed by atoms with van der Waals surface area (Å²) in [6, 6.07) is 5.45. The van der Waals surface area contributed by atoms with Crippen molar-refractivity contribution >= 4 is 28.7 Å². The van der Waals surface area contributed by atoms with E-state index in [1.165, 1.54) is 6.08 Å². The standard InChI is InChI=1S/C22H27N5O3S/c1-5-6-7-15(17(25-30)12-14(4)28)21-23-24-22(31)27(21)18-8-9-19(29)20-16(18)10-11-26(20)13(2)3/h7-14,28-29H,5-6H2,1-4H3,(H,24,31)/b15-7+,17-12+. The monoisotopic (exact) mass is 441 g/mol. The lowest BCUT2D eigenvalue weighted by atomic mass is 10.1. The molecule has 3 rings (SSSR count). The van der Waals surface area contributed by atoms with Crippen molar-refractivity contribution in [1.82, 2.24) is 19.3 Å². The molecule has 9 heteroatoms. The summed E-state index contributed by atoms with van der Waals surface area (Å²) in [4.78, 5) is 11.6. The zero-order chi connectivity index (χ0) is 22.7. The first-order valence-corrected chi connectivity index (χ1v) is 10.6. The van der Waals surface area contributed by atoms with Crippen molar-refractivity contribution in [1.29, 1.82) is 0 Å². The number of aromatic amines is 1. The smallest absolute Gasteiger partial charge is 0.200 e. The van der Waals surface area contributed by atoms with E-state index in [2.05, 4.69) is 15.4 Å². The summed E-state index contributed by atoms with van der Waals surface area (Å²) in [5, 5.41) is 31.4. The van der Waals surface area contributed by atoms with Gasteiger partial charge in [0.15, 0.2) is 10.6 Å². The molecular weight excluding hydrogens is 414 g/mol. The van der Waals surface area contributed by atoms with Gasteiger partial charge in [0, 0.05) is 23.2 Å². The van der Waals surface area contributed by atoms with Crippen LogP contribution in [0.3, 0.4) is 0 Å². The highest BCUT2D eigenvalue weighted by Gasteiger charge is 2.21. The first-order valence-electron chi connectivity index (χ1n) is 10.2. The molecule has 0 aliphatic heterocycles. The van der Waals surface area contributed by atoms with E-state index in [1.807, 2.05) is 43.7 Å². The second-order valence-electron chi connectivity index (χ2n) is 7.66. The number of allylic oxidation sites excluding steroid dienone is 2. The zero-order valence-electron chi connectivity index (χ0n) is 18.0. The van der Waals surface area contributed by atoms with Gasteiger partial charge in [0.25, 0.3) is 0 Å². The number of aliphatic hydroxyl groups excluding tert-OH is 1. The number of aromatic nitrogens is 4. The van der Waals surface area contributed by atoms with E-state index in [0.29, 0.717) is 33.8 Å². The van der Waals surface area contributed by atoms with Crippen LogP contribution in [0.2, 0.25) is 0 Å². The molecule has 0 aliphatic carbocycles. The first-order chi connectivity index (χ1) is 14.8. The summed E-state index contributed by atoms with van der Waals surface area (Å²) in [6.07, 6.45) is 5.87. The van der Waals surface area contributed by atoms with Crippen LogP contribution in [0.25, 0.3) is 22.2 Å². The lowest BCUT2D eigenvalue weighted by Crippen LogP contribution is -2.05. The molecule has 2 heterocycles. The number of hydrogen-bond acceptors (Lipinski definition) is 6. The van der Waals surface area contributed by atoms with Gasteiger partial charge < -0.3 is 14.8 Å². The van der Waals surface area contributed by atoms with E-state index in [1.54, 1.807) is 23.6 Å². The van der Waals surface area contributed by atoms with Gasteiger partial charge in [-0.3, -0.25) is 9.67 Å². The fraction of sp³-hybridized carbons (Fsp3) is 0.364. The normalized spacial score (nSPS) is 13.9. The van der Waals surface area contributed by atoms with E-state index in [0.717, 1.165) is 11.8 Å². The van der Waals surface area contributed by atoms with Gasteiger partial charge in [-0.2, -0.15) is 5.10 Å². The molecular formula is C22H27N5O3S. The lowest BCUT2D eigenvalue weighted by molar-refractivity contribution is 0.243. The van der Waals surface area contributed by atoms with Gasteiger partial charge in [-0.1, -0.05) is 19.4 Å². The molecule has 0 fully saturated rings. The summed E-state index contributed by atoms with van der Waals surface area (Å²) in [5.41, 5.74) is 1.97. The Kier molecular flexibility index (Phi) is 6.87. The highest BCUT2D eigenvalue weighted by molar-refractivity contribution is 7.71. The SMILES string of the molecule is CCC/C=C(\C(=C/C(C)O)N=O)c1n[nH]c(=S)n1-c1ccc(O)c2c1ccn2C(C)C. The molecule has 0 amide bonds.